The van der Waals surface area contributed by atoms with Crippen LogP contribution >= 0.6 is 0 Å². The average molecular weight is 213 g/mol. The first-order valence-electron chi connectivity index (χ1n) is 5.84. The Hall–Kier alpha value is -1.48. The van der Waals surface area contributed by atoms with Gasteiger partial charge in [-0.05, 0) is 44.0 Å². The summed E-state index contributed by atoms with van der Waals surface area (Å²) in [6, 6.07) is 10.3. The molecule has 0 amide bonds. The van der Waals surface area contributed by atoms with E-state index >= 15 is 0 Å². The summed E-state index contributed by atoms with van der Waals surface area (Å²) in [5.41, 5.74) is 2.10. The molecule has 1 unspecified atom stereocenters. The molecule has 1 aliphatic rings. The molecule has 3 nitrogen and oxygen atoms in total. The average Bonchev–Trinajstić information content (AvgIpc) is 2.82. The van der Waals surface area contributed by atoms with E-state index in [9.17, 15) is 0 Å². The third-order valence-corrected chi connectivity index (χ3v) is 3.21. The lowest BCUT2D eigenvalue weighted by molar-refractivity contribution is 0.568. The molecule has 1 N–H and O–H groups in total. The van der Waals surface area contributed by atoms with Crippen molar-refractivity contribution in [2.24, 2.45) is 5.92 Å². The van der Waals surface area contributed by atoms with Crippen molar-refractivity contribution in [3.8, 4) is 0 Å². The van der Waals surface area contributed by atoms with E-state index < -0.39 is 0 Å². The van der Waals surface area contributed by atoms with Crippen LogP contribution in [0.4, 0.5) is 0 Å². The van der Waals surface area contributed by atoms with Crippen LogP contribution in [-0.2, 0) is 6.42 Å². The standard InChI is InChI=1S/C13H15N3/c1-2-4-13-11(3-1)8-12(15-16-13)7-10-5-6-14-9-10/h1-4,8,10,14H,5-7,9H2. The summed E-state index contributed by atoms with van der Waals surface area (Å²) in [7, 11) is 0. The minimum Gasteiger partial charge on any atom is -0.316 e. The lowest BCUT2D eigenvalue weighted by atomic mass is 10.0. The first-order chi connectivity index (χ1) is 7.92. The molecule has 0 bridgehead atoms. The molecule has 16 heavy (non-hydrogen) atoms. The fourth-order valence-corrected chi connectivity index (χ4v) is 2.31. The lowest BCUT2D eigenvalue weighted by Crippen LogP contribution is -2.11. The zero-order chi connectivity index (χ0) is 10.8. The number of rotatable bonds is 2. The molecule has 0 spiro atoms. The van der Waals surface area contributed by atoms with Gasteiger partial charge in [-0.2, -0.15) is 10.2 Å². The van der Waals surface area contributed by atoms with Crippen molar-refractivity contribution >= 4 is 10.9 Å². The third kappa shape index (κ3) is 1.91. The van der Waals surface area contributed by atoms with E-state index in [1.165, 1.54) is 11.8 Å². The Morgan fingerprint density at radius 1 is 1.25 bits per heavy atom. The van der Waals surface area contributed by atoms with Crippen molar-refractivity contribution in [3.63, 3.8) is 0 Å². The second-order valence-corrected chi connectivity index (χ2v) is 4.46. The maximum Gasteiger partial charge on any atom is 0.0929 e. The van der Waals surface area contributed by atoms with Crippen LogP contribution < -0.4 is 5.32 Å². The number of hydrogen-bond acceptors (Lipinski definition) is 3. The van der Waals surface area contributed by atoms with Crippen LogP contribution in [0.3, 0.4) is 0 Å². The second-order valence-electron chi connectivity index (χ2n) is 4.46. The molecular formula is C13H15N3. The fraction of sp³-hybridized carbons (Fsp3) is 0.385. The van der Waals surface area contributed by atoms with Gasteiger partial charge in [-0.1, -0.05) is 18.2 Å². The Balaban J connectivity index is 1.86. The molecular weight excluding hydrogens is 198 g/mol. The van der Waals surface area contributed by atoms with Crippen LogP contribution in [0, 0.1) is 5.92 Å². The van der Waals surface area contributed by atoms with Gasteiger partial charge >= 0.3 is 0 Å². The summed E-state index contributed by atoms with van der Waals surface area (Å²) >= 11 is 0. The Morgan fingerprint density at radius 3 is 3.06 bits per heavy atom. The van der Waals surface area contributed by atoms with E-state index in [-0.39, 0.29) is 0 Å². The SMILES string of the molecule is c1ccc2nnc(CC3CCNC3)cc2c1. The summed E-state index contributed by atoms with van der Waals surface area (Å²) in [5, 5.41) is 13.1. The molecule has 1 aliphatic heterocycles. The zero-order valence-electron chi connectivity index (χ0n) is 9.19. The highest BCUT2D eigenvalue weighted by molar-refractivity contribution is 5.77. The Bertz CT molecular complexity index is 489. The Labute approximate surface area is 94.9 Å². The van der Waals surface area contributed by atoms with Crippen molar-refractivity contribution in [2.45, 2.75) is 12.8 Å². The second kappa shape index (κ2) is 4.18. The molecule has 0 radical (unpaired) electrons. The molecule has 3 rings (SSSR count). The normalized spacial score (nSPS) is 20.4. The first kappa shape index (κ1) is 9.73. The fourth-order valence-electron chi connectivity index (χ4n) is 2.31. The number of fused-ring (bicyclic) bond motifs is 1. The number of nitrogens with one attached hydrogen (secondary N) is 1. The quantitative estimate of drug-likeness (QED) is 0.826. The van der Waals surface area contributed by atoms with Crippen molar-refractivity contribution in [1.29, 1.82) is 0 Å². The van der Waals surface area contributed by atoms with Gasteiger partial charge < -0.3 is 5.32 Å². The highest BCUT2D eigenvalue weighted by Crippen LogP contribution is 2.16. The van der Waals surface area contributed by atoms with Gasteiger partial charge in [0, 0.05) is 5.39 Å². The van der Waals surface area contributed by atoms with Crippen LogP contribution in [0.1, 0.15) is 12.1 Å². The van der Waals surface area contributed by atoms with E-state index in [0.29, 0.717) is 0 Å². The molecule has 0 saturated carbocycles. The first-order valence-corrected chi connectivity index (χ1v) is 5.84. The van der Waals surface area contributed by atoms with Crippen molar-refractivity contribution in [1.82, 2.24) is 15.5 Å². The van der Waals surface area contributed by atoms with E-state index in [1.54, 1.807) is 0 Å². The lowest BCUT2D eigenvalue weighted by Gasteiger charge is -2.07. The Kier molecular flexibility index (Phi) is 2.54. The molecule has 1 atom stereocenters. The van der Waals surface area contributed by atoms with Crippen molar-refractivity contribution in [2.75, 3.05) is 13.1 Å². The number of hydrogen-bond donors (Lipinski definition) is 1. The predicted molar refractivity (Wildman–Crippen MR) is 64.2 cm³/mol. The number of aromatic nitrogens is 2. The minimum atomic E-state index is 0.732. The molecule has 2 aromatic rings. The van der Waals surface area contributed by atoms with Gasteiger partial charge in [0.15, 0.2) is 0 Å². The van der Waals surface area contributed by atoms with Gasteiger partial charge in [0.1, 0.15) is 0 Å². The molecule has 82 valence electrons. The molecule has 1 fully saturated rings. The summed E-state index contributed by atoms with van der Waals surface area (Å²) in [5.74, 6) is 0.732. The summed E-state index contributed by atoms with van der Waals surface area (Å²) in [4.78, 5) is 0. The van der Waals surface area contributed by atoms with Gasteiger partial charge in [0.05, 0.1) is 11.2 Å². The predicted octanol–water partition coefficient (Wildman–Crippen LogP) is 1.78. The zero-order valence-corrected chi connectivity index (χ0v) is 9.19. The molecule has 3 heteroatoms. The number of nitrogens with zero attached hydrogens (tertiary/aromatic N) is 2. The van der Waals surface area contributed by atoms with Gasteiger partial charge in [0.2, 0.25) is 0 Å². The molecule has 1 saturated heterocycles. The smallest absolute Gasteiger partial charge is 0.0929 e. The van der Waals surface area contributed by atoms with E-state index in [1.807, 2.05) is 18.2 Å². The monoisotopic (exact) mass is 213 g/mol. The maximum atomic E-state index is 4.29. The minimum absolute atomic E-state index is 0.732. The van der Waals surface area contributed by atoms with Crippen molar-refractivity contribution < 1.29 is 0 Å². The van der Waals surface area contributed by atoms with E-state index in [0.717, 1.165) is 36.6 Å². The number of benzene rings is 1. The third-order valence-electron chi connectivity index (χ3n) is 3.21. The van der Waals surface area contributed by atoms with E-state index in [4.69, 9.17) is 0 Å². The van der Waals surface area contributed by atoms with Gasteiger partial charge in [-0.25, -0.2) is 0 Å². The Morgan fingerprint density at radius 2 is 2.19 bits per heavy atom. The molecule has 1 aromatic heterocycles. The molecule has 2 heterocycles. The van der Waals surface area contributed by atoms with Crippen LogP contribution in [0.2, 0.25) is 0 Å². The van der Waals surface area contributed by atoms with Gasteiger partial charge in [-0.3, -0.25) is 0 Å². The summed E-state index contributed by atoms with van der Waals surface area (Å²) in [6.07, 6.45) is 2.30. The molecule has 1 aromatic carbocycles. The topological polar surface area (TPSA) is 37.8 Å². The van der Waals surface area contributed by atoms with Gasteiger partial charge in [-0.15, -0.1) is 0 Å². The van der Waals surface area contributed by atoms with Crippen molar-refractivity contribution in [3.05, 3.63) is 36.0 Å². The van der Waals surface area contributed by atoms with Crippen LogP contribution in [0.5, 0.6) is 0 Å². The van der Waals surface area contributed by atoms with Gasteiger partial charge in [0.25, 0.3) is 0 Å². The highest BCUT2D eigenvalue weighted by Gasteiger charge is 2.15. The van der Waals surface area contributed by atoms with Crippen LogP contribution in [0.15, 0.2) is 30.3 Å². The van der Waals surface area contributed by atoms with Crippen LogP contribution in [0.25, 0.3) is 10.9 Å². The molecule has 0 aliphatic carbocycles. The summed E-state index contributed by atoms with van der Waals surface area (Å²) in [6.45, 7) is 2.26. The largest absolute Gasteiger partial charge is 0.316 e. The maximum absolute atomic E-state index is 4.29. The van der Waals surface area contributed by atoms with Crippen LogP contribution in [-0.4, -0.2) is 23.3 Å². The highest BCUT2D eigenvalue weighted by atomic mass is 15.1. The van der Waals surface area contributed by atoms with E-state index in [2.05, 4.69) is 27.6 Å². The summed E-state index contributed by atoms with van der Waals surface area (Å²) < 4.78 is 0.